The van der Waals surface area contributed by atoms with Crippen molar-refractivity contribution in [3.05, 3.63) is 59.4 Å². The summed E-state index contributed by atoms with van der Waals surface area (Å²) in [6.45, 7) is 1.83. The molecule has 0 atom stereocenters. The fourth-order valence-electron chi connectivity index (χ4n) is 1.53. The van der Waals surface area contributed by atoms with Gasteiger partial charge in [0.15, 0.2) is 0 Å². The number of rotatable bonds is 3. The first-order valence-electron chi connectivity index (χ1n) is 5.93. The molecule has 0 amide bonds. The van der Waals surface area contributed by atoms with Crippen LogP contribution in [-0.4, -0.2) is 24.0 Å². The fourth-order valence-corrected chi connectivity index (χ4v) is 1.53. The van der Waals surface area contributed by atoms with Gasteiger partial charge in [0.2, 0.25) is 0 Å². The highest BCUT2D eigenvalue weighted by Crippen LogP contribution is 2.14. The summed E-state index contributed by atoms with van der Waals surface area (Å²) in [6, 6.07) is 9.51. The molecule has 0 saturated heterocycles. The number of pyridine rings is 1. The van der Waals surface area contributed by atoms with Gasteiger partial charge in [-0.25, -0.2) is 9.59 Å². The summed E-state index contributed by atoms with van der Waals surface area (Å²) in [5.41, 5.74) is 1.58. The van der Waals surface area contributed by atoms with Gasteiger partial charge in [-0.3, -0.25) is 4.98 Å². The van der Waals surface area contributed by atoms with Gasteiger partial charge >= 0.3 is 11.9 Å². The van der Waals surface area contributed by atoms with Gasteiger partial charge in [-0.15, -0.1) is 0 Å². The minimum Gasteiger partial charge on any atom is -0.465 e. The van der Waals surface area contributed by atoms with Crippen LogP contribution in [0, 0.1) is 6.92 Å². The van der Waals surface area contributed by atoms with Crippen molar-refractivity contribution in [2.45, 2.75) is 6.92 Å². The Balaban J connectivity index is 2.08. The lowest BCUT2D eigenvalue weighted by Crippen LogP contribution is -2.09. The smallest absolute Gasteiger partial charge is 0.345 e. The zero-order chi connectivity index (χ0) is 14.5. The number of esters is 2. The largest absolute Gasteiger partial charge is 0.465 e. The van der Waals surface area contributed by atoms with Crippen LogP contribution in [0.15, 0.2) is 42.6 Å². The van der Waals surface area contributed by atoms with Crippen LogP contribution in [0.3, 0.4) is 0 Å². The Bertz CT molecular complexity index is 617. The van der Waals surface area contributed by atoms with Crippen LogP contribution in [0.1, 0.15) is 26.4 Å². The van der Waals surface area contributed by atoms with Crippen LogP contribution >= 0.6 is 0 Å². The van der Waals surface area contributed by atoms with E-state index < -0.39 is 11.9 Å². The van der Waals surface area contributed by atoms with Gasteiger partial charge in [-0.2, -0.15) is 0 Å². The number of aryl methyl sites for hydroxylation is 1. The number of methoxy groups -OCH3 is 1. The molecule has 1 aromatic carbocycles. The van der Waals surface area contributed by atoms with Crippen molar-refractivity contribution in [1.82, 2.24) is 4.98 Å². The maximum atomic E-state index is 11.8. The SMILES string of the molecule is COC(=O)c1ccc(OC(=O)c2ccc(C)nc2)cc1. The van der Waals surface area contributed by atoms with Gasteiger partial charge in [-0.1, -0.05) is 0 Å². The Hall–Kier alpha value is -2.69. The number of aromatic nitrogens is 1. The van der Waals surface area contributed by atoms with Gasteiger partial charge < -0.3 is 9.47 Å². The van der Waals surface area contributed by atoms with Crippen molar-refractivity contribution < 1.29 is 19.1 Å². The molecule has 20 heavy (non-hydrogen) atoms. The third kappa shape index (κ3) is 3.20. The summed E-state index contributed by atoms with van der Waals surface area (Å²) < 4.78 is 9.76. The zero-order valence-electron chi connectivity index (χ0n) is 11.1. The first-order chi connectivity index (χ1) is 9.60. The topological polar surface area (TPSA) is 65.5 Å². The molecule has 0 spiro atoms. The molecule has 0 saturated carbocycles. The van der Waals surface area contributed by atoms with Gasteiger partial charge in [0.1, 0.15) is 5.75 Å². The van der Waals surface area contributed by atoms with Crippen molar-refractivity contribution in [1.29, 1.82) is 0 Å². The Morgan fingerprint density at radius 1 is 0.950 bits per heavy atom. The molecule has 2 rings (SSSR count). The molecule has 0 unspecified atom stereocenters. The summed E-state index contributed by atoms with van der Waals surface area (Å²) in [5.74, 6) is -0.586. The molecule has 0 aliphatic carbocycles. The van der Waals surface area contributed by atoms with Crippen LogP contribution in [-0.2, 0) is 4.74 Å². The predicted molar refractivity (Wildman–Crippen MR) is 71.7 cm³/mol. The van der Waals surface area contributed by atoms with E-state index in [-0.39, 0.29) is 0 Å². The van der Waals surface area contributed by atoms with Gasteiger partial charge in [0.05, 0.1) is 18.2 Å². The summed E-state index contributed by atoms with van der Waals surface area (Å²) in [5, 5.41) is 0. The van der Waals surface area contributed by atoms with Crippen LogP contribution in [0.2, 0.25) is 0 Å². The first kappa shape index (κ1) is 13.7. The first-order valence-corrected chi connectivity index (χ1v) is 5.93. The van der Waals surface area contributed by atoms with Gasteiger partial charge in [0.25, 0.3) is 0 Å². The van der Waals surface area contributed by atoms with E-state index in [1.54, 1.807) is 12.1 Å². The summed E-state index contributed by atoms with van der Waals surface area (Å²) >= 11 is 0. The number of carbonyl (C=O) groups excluding carboxylic acids is 2. The van der Waals surface area contributed by atoms with Crippen molar-refractivity contribution in [3.63, 3.8) is 0 Å². The molecule has 1 aromatic heterocycles. The average Bonchev–Trinajstić information content (AvgIpc) is 2.48. The van der Waals surface area contributed by atoms with E-state index in [1.807, 2.05) is 6.92 Å². The normalized spacial score (nSPS) is 9.90. The molecule has 5 nitrogen and oxygen atoms in total. The lowest BCUT2D eigenvalue weighted by molar-refractivity contribution is 0.0600. The molecule has 0 fully saturated rings. The van der Waals surface area contributed by atoms with E-state index in [0.717, 1.165) is 5.69 Å². The second-order valence-electron chi connectivity index (χ2n) is 4.09. The lowest BCUT2D eigenvalue weighted by atomic mass is 10.2. The summed E-state index contributed by atoms with van der Waals surface area (Å²) in [7, 11) is 1.31. The third-order valence-electron chi connectivity index (χ3n) is 2.63. The van der Waals surface area contributed by atoms with Crippen LogP contribution < -0.4 is 4.74 Å². The standard InChI is InChI=1S/C15H13NO4/c1-10-3-4-12(9-16-10)15(18)20-13-7-5-11(6-8-13)14(17)19-2/h3-9H,1-2H3. The maximum absolute atomic E-state index is 11.8. The van der Waals surface area contributed by atoms with Crippen molar-refractivity contribution in [2.24, 2.45) is 0 Å². The van der Waals surface area contributed by atoms with Crippen molar-refractivity contribution in [3.8, 4) is 5.75 Å². The number of hydrogen-bond donors (Lipinski definition) is 0. The molecule has 0 bridgehead atoms. The molecule has 0 N–H and O–H groups in total. The Kier molecular flexibility index (Phi) is 4.10. The Labute approximate surface area is 116 Å². The highest BCUT2D eigenvalue weighted by atomic mass is 16.5. The average molecular weight is 271 g/mol. The second-order valence-corrected chi connectivity index (χ2v) is 4.09. The monoisotopic (exact) mass is 271 g/mol. The minimum atomic E-state index is -0.497. The highest BCUT2D eigenvalue weighted by molar-refractivity contribution is 5.91. The van der Waals surface area contributed by atoms with Gasteiger partial charge in [0, 0.05) is 11.9 Å². The maximum Gasteiger partial charge on any atom is 0.345 e. The number of hydrogen-bond acceptors (Lipinski definition) is 5. The van der Waals surface area contributed by atoms with E-state index in [0.29, 0.717) is 16.9 Å². The second kappa shape index (κ2) is 5.97. The Morgan fingerprint density at radius 2 is 1.60 bits per heavy atom. The molecule has 0 aliphatic heterocycles. The van der Waals surface area contributed by atoms with E-state index in [4.69, 9.17) is 4.74 Å². The number of carbonyl (C=O) groups is 2. The molecule has 1 heterocycles. The summed E-state index contributed by atoms with van der Waals surface area (Å²) in [4.78, 5) is 27.1. The lowest BCUT2D eigenvalue weighted by Gasteiger charge is -2.05. The molecule has 102 valence electrons. The van der Waals surface area contributed by atoms with Crippen LogP contribution in [0.4, 0.5) is 0 Å². The Morgan fingerprint density at radius 3 is 2.15 bits per heavy atom. The number of nitrogens with zero attached hydrogens (tertiary/aromatic N) is 1. The van der Waals surface area contributed by atoms with E-state index >= 15 is 0 Å². The van der Waals surface area contributed by atoms with E-state index in [9.17, 15) is 9.59 Å². The third-order valence-corrected chi connectivity index (χ3v) is 2.63. The molecular weight excluding hydrogens is 258 g/mol. The van der Waals surface area contributed by atoms with Crippen molar-refractivity contribution in [2.75, 3.05) is 7.11 Å². The quantitative estimate of drug-likeness (QED) is 0.633. The molecule has 0 aliphatic rings. The molecule has 0 radical (unpaired) electrons. The van der Waals surface area contributed by atoms with E-state index in [2.05, 4.69) is 9.72 Å². The molecular formula is C15H13NO4. The van der Waals surface area contributed by atoms with Crippen LogP contribution in [0.5, 0.6) is 5.75 Å². The number of ether oxygens (including phenoxy) is 2. The predicted octanol–water partition coefficient (Wildman–Crippen LogP) is 2.40. The zero-order valence-corrected chi connectivity index (χ0v) is 11.1. The van der Waals surface area contributed by atoms with E-state index in [1.165, 1.54) is 37.6 Å². The number of benzene rings is 1. The molecule has 5 heteroatoms. The van der Waals surface area contributed by atoms with Crippen LogP contribution in [0.25, 0.3) is 0 Å². The highest BCUT2D eigenvalue weighted by Gasteiger charge is 2.10. The molecule has 2 aromatic rings. The summed E-state index contributed by atoms with van der Waals surface area (Å²) in [6.07, 6.45) is 1.46. The fraction of sp³-hybridized carbons (Fsp3) is 0.133. The minimum absolute atomic E-state index is 0.350. The van der Waals surface area contributed by atoms with Gasteiger partial charge in [-0.05, 0) is 43.3 Å². The van der Waals surface area contributed by atoms with Crippen molar-refractivity contribution >= 4 is 11.9 Å².